The minimum atomic E-state index is -0.0650. The Morgan fingerprint density at radius 3 is 2.79 bits per heavy atom. The van der Waals surface area contributed by atoms with Gasteiger partial charge in [-0.15, -0.1) is 0 Å². The van der Waals surface area contributed by atoms with Crippen molar-refractivity contribution >= 4 is 5.91 Å². The van der Waals surface area contributed by atoms with Gasteiger partial charge in [-0.1, -0.05) is 31.2 Å². The van der Waals surface area contributed by atoms with Gasteiger partial charge in [0.15, 0.2) is 0 Å². The van der Waals surface area contributed by atoms with Crippen molar-refractivity contribution in [2.24, 2.45) is 0 Å². The molecule has 0 bridgehead atoms. The lowest BCUT2D eigenvalue weighted by atomic mass is 10.0. The molecule has 19 heavy (non-hydrogen) atoms. The number of benzene rings is 1. The standard InChI is InChI=1S/C16H18N2O/c1-3-8-18-16(19)14-9-13(10-17-11-14)15-7-5-4-6-12(15)2/h4-7,9-11H,3,8H2,1-2H3,(H,18,19). The SMILES string of the molecule is CCCNC(=O)c1cncc(-c2ccccc2C)c1. The second kappa shape index (κ2) is 6.14. The van der Waals surface area contributed by atoms with Crippen LogP contribution in [0.25, 0.3) is 11.1 Å². The van der Waals surface area contributed by atoms with Crippen LogP contribution in [0.1, 0.15) is 29.3 Å². The minimum absolute atomic E-state index is 0.0650. The van der Waals surface area contributed by atoms with Crippen LogP contribution in [0, 0.1) is 6.92 Å². The van der Waals surface area contributed by atoms with E-state index in [1.165, 1.54) is 5.56 Å². The summed E-state index contributed by atoms with van der Waals surface area (Å²) < 4.78 is 0. The molecule has 1 aromatic carbocycles. The van der Waals surface area contributed by atoms with Gasteiger partial charge in [-0.25, -0.2) is 0 Å². The molecule has 0 aliphatic carbocycles. The largest absolute Gasteiger partial charge is 0.352 e. The zero-order chi connectivity index (χ0) is 13.7. The molecule has 0 aliphatic rings. The Kier molecular flexibility index (Phi) is 4.29. The number of hydrogen-bond acceptors (Lipinski definition) is 2. The quantitative estimate of drug-likeness (QED) is 0.910. The van der Waals surface area contributed by atoms with E-state index in [0.717, 1.165) is 17.5 Å². The summed E-state index contributed by atoms with van der Waals surface area (Å²) in [6.45, 7) is 4.77. The van der Waals surface area contributed by atoms with Crippen LogP contribution >= 0.6 is 0 Å². The fraction of sp³-hybridized carbons (Fsp3) is 0.250. The summed E-state index contributed by atoms with van der Waals surface area (Å²) in [7, 11) is 0. The smallest absolute Gasteiger partial charge is 0.252 e. The van der Waals surface area contributed by atoms with E-state index in [4.69, 9.17) is 0 Å². The minimum Gasteiger partial charge on any atom is -0.352 e. The highest BCUT2D eigenvalue weighted by molar-refractivity contribution is 5.95. The van der Waals surface area contributed by atoms with Gasteiger partial charge in [0.25, 0.3) is 5.91 Å². The number of pyridine rings is 1. The van der Waals surface area contributed by atoms with E-state index in [0.29, 0.717) is 12.1 Å². The van der Waals surface area contributed by atoms with E-state index >= 15 is 0 Å². The fourth-order valence-corrected chi connectivity index (χ4v) is 1.95. The number of hydrogen-bond donors (Lipinski definition) is 1. The highest BCUT2D eigenvalue weighted by Crippen LogP contribution is 2.22. The maximum absolute atomic E-state index is 11.9. The summed E-state index contributed by atoms with van der Waals surface area (Å²) in [5, 5.41) is 2.86. The predicted octanol–water partition coefficient (Wildman–Crippen LogP) is 3.20. The summed E-state index contributed by atoms with van der Waals surface area (Å²) in [6.07, 6.45) is 4.32. The number of aromatic nitrogens is 1. The van der Waals surface area contributed by atoms with Crippen molar-refractivity contribution in [1.29, 1.82) is 0 Å². The van der Waals surface area contributed by atoms with Crippen LogP contribution in [-0.2, 0) is 0 Å². The molecule has 1 N–H and O–H groups in total. The van der Waals surface area contributed by atoms with Crippen molar-refractivity contribution in [3.05, 3.63) is 53.9 Å². The maximum Gasteiger partial charge on any atom is 0.252 e. The molecule has 1 heterocycles. The molecule has 3 nitrogen and oxygen atoms in total. The monoisotopic (exact) mass is 254 g/mol. The first-order valence-corrected chi connectivity index (χ1v) is 6.51. The van der Waals surface area contributed by atoms with Gasteiger partial charge in [-0.3, -0.25) is 9.78 Å². The summed E-state index contributed by atoms with van der Waals surface area (Å²) in [5.74, 6) is -0.0650. The lowest BCUT2D eigenvalue weighted by Gasteiger charge is -2.08. The van der Waals surface area contributed by atoms with Crippen LogP contribution in [0.2, 0.25) is 0 Å². The molecule has 2 aromatic rings. The Hall–Kier alpha value is -2.16. The highest BCUT2D eigenvalue weighted by Gasteiger charge is 2.08. The first kappa shape index (κ1) is 13.3. The van der Waals surface area contributed by atoms with E-state index in [2.05, 4.69) is 23.3 Å². The van der Waals surface area contributed by atoms with Crippen LogP contribution in [0.4, 0.5) is 0 Å². The molecular weight excluding hydrogens is 236 g/mol. The first-order chi connectivity index (χ1) is 9.22. The van der Waals surface area contributed by atoms with Crippen molar-refractivity contribution in [2.45, 2.75) is 20.3 Å². The third kappa shape index (κ3) is 3.19. The van der Waals surface area contributed by atoms with Gasteiger partial charge in [0.1, 0.15) is 0 Å². The molecule has 0 aliphatic heterocycles. The molecule has 0 unspecified atom stereocenters. The van der Waals surface area contributed by atoms with Gasteiger partial charge in [0, 0.05) is 24.5 Å². The topological polar surface area (TPSA) is 42.0 Å². The molecule has 0 spiro atoms. The molecular formula is C16H18N2O. The normalized spacial score (nSPS) is 10.2. The van der Waals surface area contributed by atoms with E-state index in [1.54, 1.807) is 12.4 Å². The number of carbonyl (C=O) groups is 1. The van der Waals surface area contributed by atoms with Gasteiger partial charge in [-0.05, 0) is 30.5 Å². The molecule has 1 aromatic heterocycles. The van der Waals surface area contributed by atoms with Crippen molar-refractivity contribution in [3.8, 4) is 11.1 Å². The van der Waals surface area contributed by atoms with Crippen molar-refractivity contribution in [1.82, 2.24) is 10.3 Å². The van der Waals surface area contributed by atoms with Crippen LogP contribution in [-0.4, -0.2) is 17.4 Å². The molecule has 0 atom stereocenters. The van der Waals surface area contributed by atoms with Gasteiger partial charge in [0.05, 0.1) is 5.56 Å². The molecule has 0 radical (unpaired) electrons. The van der Waals surface area contributed by atoms with Gasteiger partial charge < -0.3 is 5.32 Å². The summed E-state index contributed by atoms with van der Waals surface area (Å²) in [4.78, 5) is 16.1. The first-order valence-electron chi connectivity index (χ1n) is 6.51. The number of amides is 1. The predicted molar refractivity (Wildman–Crippen MR) is 77.0 cm³/mol. The number of carbonyl (C=O) groups excluding carboxylic acids is 1. The second-order valence-corrected chi connectivity index (χ2v) is 4.53. The number of rotatable bonds is 4. The Bertz CT molecular complexity index is 578. The summed E-state index contributed by atoms with van der Waals surface area (Å²) >= 11 is 0. The Morgan fingerprint density at radius 1 is 1.26 bits per heavy atom. The van der Waals surface area contributed by atoms with Gasteiger partial charge >= 0.3 is 0 Å². The average Bonchev–Trinajstić information content (AvgIpc) is 2.45. The van der Waals surface area contributed by atoms with Crippen molar-refractivity contribution in [3.63, 3.8) is 0 Å². The Labute approximate surface area is 113 Å². The summed E-state index contributed by atoms with van der Waals surface area (Å²) in [5.41, 5.74) is 3.87. The summed E-state index contributed by atoms with van der Waals surface area (Å²) in [6, 6.07) is 9.98. The van der Waals surface area contributed by atoms with E-state index in [1.807, 2.05) is 31.2 Å². The van der Waals surface area contributed by atoms with Crippen LogP contribution < -0.4 is 5.32 Å². The fourth-order valence-electron chi connectivity index (χ4n) is 1.95. The zero-order valence-corrected chi connectivity index (χ0v) is 11.3. The van der Waals surface area contributed by atoms with Crippen LogP contribution in [0.15, 0.2) is 42.7 Å². The van der Waals surface area contributed by atoms with E-state index in [9.17, 15) is 4.79 Å². The third-order valence-corrected chi connectivity index (χ3v) is 2.99. The molecule has 2 rings (SSSR count). The van der Waals surface area contributed by atoms with E-state index < -0.39 is 0 Å². The molecule has 1 amide bonds. The van der Waals surface area contributed by atoms with Crippen LogP contribution in [0.3, 0.4) is 0 Å². The number of aryl methyl sites for hydroxylation is 1. The lowest BCUT2D eigenvalue weighted by molar-refractivity contribution is 0.0953. The lowest BCUT2D eigenvalue weighted by Crippen LogP contribution is -2.24. The molecule has 0 saturated carbocycles. The maximum atomic E-state index is 11.9. The van der Waals surface area contributed by atoms with Crippen LogP contribution in [0.5, 0.6) is 0 Å². The molecule has 3 heteroatoms. The Balaban J connectivity index is 2.30. The molecule has 0 saturated heterocycles. The second-order valence-electron chi connectivity index (χ2n) is 4.53. The molecule has 98 valence electrons. The average molecular weight is 254 g/mol. The van der Waals surface area contributed by atoms with Gasteiger partial charge in [0.2, 0.25) is 0 Å². The van der Waals surface area contributed by atoms with E-state index in [-0.39, 0.29) is 5.91 Å². The Morgan fingerprint density at radius 2 is 2.05 bits per heavy atom. The van der Waals surface area contributed by atoms with Crippen molar-refractivity contribution in [2.75, 3.05) is 6.54 Å². The number of nitrogens with one attached hydrogen (secondary N) is 1. The zero-order valence-electron chi connectivity index (χ0n) is 11.3. The van der Waals surface area contributed by atoms with Crippen molar-refractivity contribution < 1.29 is 4.79 Å². The van der Waals surface area contributed by atoms with Gasteiger partial charge in [-0.2, -0.15) is 0 Å². The molecule has 0 fully saturated rings. The number of nitrogens with zero attached hydrogens (tertiary/aromatic N) is 1. The highest BCUT2D eigenvalue weighted by atomic mass is 16.1. The third-order valence-electron chi connectivity index (χ3n) is 2.99.